The van der Waals surface area contributed by atoms with Crippen LogP contribution in [-0.4, -0.2) is 38.8 Å². The van der Waals surface area contributed by atoms with Gasteiger partial charge in [-0.2, -0.15) is 0 Å². The first-order valence-corrected chi connectivity index (χ1v) is 16.1. The van der Waals surface area contributed by atoms with E-state index in [0.29, 0.717) is 22.8 Å². The van der Waals surface area contributed by atoms with E-state index in [0.717, 1.165) is 16.7 Å². The molecule has 0 aliphatic heterocycles. The van der Waals surface area contributed by atoms with Gasteiger partial charge in [0.25, 0.3) is 0 Å². The Hall–Kier alpha value is -4.18. The molecule has 0 saturated carbocycles. The normalized spacial score (nSPS) is 11.9. The number of halogens is 1. The Morgan fingerprint density at radius 2 is 1.50 bits per heavy atom. The fourth-order valence-corrected chi connectivity index (χ4v) is 6.02. The van der Waals surface area contributed by atoms with Crippen LogP contribution in [0.2, 0.25) is 5.02 Å². The van der Waals surface area contributed by atoms with E-state index >= 15 is 0 Å². The van der Waals surface area contributed by atoms with Crippen LogP contribution in [0.5, 0.6) is 5.75 Å². The van der Waals surface area contributed by atoms with Crippen molar-refractivity contribution in [2.75, 3.05) is 13.7 Å². The molecule has 1 atom stereocenters. The van der Waals surface area contributed by atoms with Crippen molar-refractivity contribution in [2.45, 2.75) is 43.8 Å². The predicted octanol–water partition coefficient (Wildman–Crippen LogP) is 5.67. The van der Waals surface area contributed by atoms with Crippen molar-refractivity contribution in [3.05, 3.63) is 130 Å². The van der Waals surface area contributed by atoms with Gasteiger partial charge in [0.05, 0.1) is 12.0 Å². The summed E-state index contributed by atoms with van der Waals surface area (Å²) in [6, 6.07) is 29.4. The molecule has 10 heteroatoms. The average molecular weight is 634 g/mol. The third kappa shape index (κ3) is 8.69. The highest BCUT2D eigenvalue weighted by Gasteiger charge is 2.31. The average Bonchev–Trinajstić information content (AvgIpc) is 3.04. The minimum Gasteiger partial charge on any atom is -0.496 e. The van der Waals surface area contributed by atoms with Gasteiger partial charge in [0, 0.05) is 36.6 Å². The SMILES string of the molecule is CCNS(=O)(=O)c1ccc(CCC(=O)N(Cc2ccc(Cl)cc2)[C@H](C(=O)NCc2ccccc2OC)c2ccccc2)cc1. The van der Waals surface area contributed by atoms with Gasteiger partial charge in [-0.05, 0) is 53.4 Å². The molecule has 0 aromatic heterocycles. The molecule has 2 amide bonds. The number of amides is 2. The van der Waals surface area contributed by atoms with Crippen LogP contribution in [0, 0.1) is 0 Å². The summed E-state index contributed by atoms with van der Waals surface area (Å²) >= 11 is 6.12. The molecule has 44 heavy (non-hydrogen) atoms. The number of carbonyl (C=O) groups is 2. The Labute approximate surface area is 264 Å². The quantitative estimate of drug-likeness (QED) is 0.186. The van der Waals surface area contributed by atoms with Gasteiger partial charge >= 0.3 is 0 Å². The molecular weight excluding hydrogens is 598 g/mol. The van der Waals surface area contributed by atoms with Crippen molar-refractivity contribution < 1.29 is 22.7 Å². The molecule has 0 radical (unpaired) electrons. The number of methoxy groups -OCH3 is 1. The molecule has 2 N–H and O–H groups in total. The van der Waals surface area contributed by atoms with Gasteiger partial charge in [-0.15, -0.1) is 0 Å². The van der Waals surface area contributed by atoms with Gasteiger partial charge in [0.15, 0.2) is 0 Å². The van der Waals surface area contributed by atoms with E-state index < -0.39 is 16.1 Å². The van der Waals surface area contributed by atoms with Gasteiger partial charge in [-0.1, -0.05) is 91.3 Å². The lowest BCUT2D eigenvalue weighted by Crippen LogP contribution is -2.43. The van der Waals surface area contributed by atoms with Crippen molar-refractivity contribution in [2.24, 2.45) is 0 Å². The van der Waals surface area contributed by atoms with E-state index in [4.69, 9.17) is 16.3 Å². The topological polar surface area (TPSA) is 105 Å². The van der Waals surface area contributed by atoms with Gasteiger partial charge < -0.3 is 15.0 Å². The molecule has 0 fully saturated rings. The van der Waals surface area contributed by atoms with E-state index in [2.05, 4.69) is 10.0 Å². The minimum atomic E-state index is -3.58. The third-order valence-corrected chi connectivity index (χ3v) is 8.92. The molecule has 0 heterocycles. The Morgan fingerprint density at radius 3 is 2.16 bits per heavy atom. The number of sulfonamides is 1. The Kier molecular flexibility index (Phi) is 11.5. The molecule has 0 aliphatic rings. The predicted molar refractivity (Wildman–Crippen MR) is 172 cm³/mol. The van der Waals surface area contributed by atoms with E-state index in [1.807, 2.05) is 66.7 Å². The van der Waals surface area contributed by atoms with Crippen molar-refractivity contribution in [1.82, 2.24) is 14.9 Å². The Bertz CT molecular complexity index is 1650. The lowest BCUT2D eigenvalue weighted by molar-refractivity contribution is -0.141. The number of carbonyl (C=O) groups excluding carboxylic acids is 2. The molecule has 4 rings (SSSR count). The van der Waals surface area contributed by atoms with Crippen molar-refractivity contribution in [3.63, 3.8) is 0 Å². The van der Waals surface area contributed by atoms with Crippen LogP contribution < -0.4 is 14.8 Å². The van der Waals surface area contributed by atoms with Crippen LogP contribution in [-0.2, 0) is 39.1 Å². The molecule has 0 unspecified atom stereocenters. The van der Waals surface area contributed by atoms with Crippen molar-refractivity contribution >= 4 is 33.4 Å². The molecule has 4 aromatic carbocycles. The monoisotopic (exact) mass is 633 g/mol. The van der Waals surface area contributed by atoms with Crippen LogP contribution in [0.4, 0.5) is 0 Å². The highest BCUT2D eigenvalue weighted by molar-refractivity contribution is 7.89. The fourth-order valence-electron chi connectivity index (χ4n) is 4.85. The van der Waals surface area contributed by atoms with Gasteiger partial charge in [-0.3, -0.25) is 9.59 Å². The first-order chi connectivity index (χ1) is 21.2. The maximum absolute atomic E-state index is 14.0. The number of aryl methyl sites for hydroxylation is 1. The van der Waals surface area contributed by atoms with Gasteiger partial charge in [-0.25, -0.2) is 13.1 Å². The Balaban J connectivity index is 1.61. The van der Waals surface area contributed by atoms with E-state index in [1.54, 1.807) is 43.2 Å². The number of benzene rings is 4. The van der Waals surface area contributed by atoms with Crippen LogP contribution in [0.25, 0.3) is 0 Å². The molecule has 4 aromatic rings. The second-order valence-electron chi connectivity index (χ2n) is 10.1. The number of hydrogen-bond acceptors (Lipinski definition) is 5. The highest BCUT2D eigenvalue weighted by atomic mass is 35.5. The van der Waals surface area contributed by atoms with Gasteiger partial charge in [0.2, 0.25) is 21.8 Å². The first kappa shape index (κ1) is 32.7. The van der Waals surface area contributed by atoms with Crippen molar-refractivity contribution in [3.8, 4) is 5.75 Å². The summed E-state index contributed by atoms with van der Waals surface area (Å²) in [5, 5.41) is 3.58. The van der Waals surface area contributed by atoms with E-state index in [-0.39, 0.29) is 42.8 Å². The molecule has 0 aliphatic carbocycles. The smallest absolute Gasteiger partial charge is 0.247 e. The summed E-state index contributed by atoms with van der Waals surface area (Å²) in [6.45, 7) is 2.40. The summed E-state index contributed by atoms with van der Waals surface area (Å²) in [5.74, 6) is 0.0930. The lowest BCUT2D eigenvalue weighted by Gasteiger charge is -2.32. The standard InChI is InChI=1S/C34H36ClN3O5S/c1-3-37-44(41,42)30-20-15-25(16-21-30)17-22-32(39)38(24-26-13-18-29(35)19-14-26)33(27-9-5-4-6-10-27)34(40)36-23-28-11-7-8-12-31(28)43-2/h4-16,18-21,33,37H,3,17,22-24H2,1-2H3,(H,36,40)/t33-/m0/s1. The summed E-state index contributed by atoms with van der Waals surface area (Å²) in [6.07, 6.45) is 0.470. The second-order valence-corrected chi connectivity index (χ2v) is 12.3. The summed E-state index contributed by atoms with van der Waals surface area (Å²) in [4.78, 5) is 29.7. The largest absolute Gasteiger partial charge is 0.496 e. The fraction of sp³-hybridized carbons (Fsp3) is 0.235. The number of para-hydroxylation sites is 1. The molecule has 0 saturated heterocycles. The minimum absolute atomic E-state index is 0.107. The zero-order valence-electron chi connectivity index (χ0n) is 24.7. The maximum Gasteiger partial charge on any atom is 0.247 e. The number of nitrogens with zero attached hydrogens (tertiary/aromatic N) is 1. The maximum atomic E-state index is 14.0. The summed E-state index contributed by atoms with van der Waals surface area (Å²) < 4.78 is 32.6. The summed E-state index contributed by atoms with van der Waals surface area (Å²) in [5.41, 5.74) is 3.10. The van der Waals surface area contributed by atoms with Crippen LogP contribution in [0.3, 0.4) is 0 Å². The highest BCUT2D eigenvalue weighted by Crippen LogP contribution is 2.26. The second kappa shape index (κ2) is 15.5. The number of nitrogens with one attached hydrogen (secondary N) is 2. The summed E-state index contributed by atoms with van der Waals surface area (Å²) in [7, 11) is -2.00. The zero-order chi connectivity index (χ0) is 31.5. The first-order valence-electron chi connectivity index (χ1n) is 14.3. The Morgan fingerprint density at radius 1 is 0.864 bits per heavy atom. The zero-order valence-corrected chi connectivity index (χ0v) is 26.3. The number of rotatable bonds is 14. The van der Waals surface area contributed by atoms with Gasteiger partial charge in [0.1, 0.15) is 11.8 Å². The third-order valence-electron chi connectivity index (χ3n) is 7.10. The number of ether oxygens (including phenoxy) is 1. The van der Waals surface area contributed by atoms with E-state index in [9.17, 15) is 18.0 Å². The van der Waals surface area contributed by atoms with Crippen molar-refractivity contribution in [1.29, 1.82) is 0 Å². The molecule has 230 valence electrons. The molecule has 0 bridgehead atoms. The van der Waals surface area contributed by atoms with E-state index in [1.165, 1.54) is 12.1 Å². The molecular formula is C34H36ClN3O5S. The molecule has 0 spiro atoms. The molecule has 8 nitrogen and oxygen atoms in total. The number of hydrogen-bond donors (Lipinski definition) is 2. The van der Waals surface area contributed by atoms with Crippen LogP contribution in [0.1, 0.15) is 41.6 Å². The van der Waals surface area contributed by atoms with Crippen LogP contribution in [0.15, 0.2) is 108 Å². The lowest BCUT2D eigenvalue weighted by atomic mass is 10.0. The van der Waals surface area contributed by atoms with Crippen LogP contribution >= 0.6 is 11.6 Å².